The fourth-order valence-corrected chi connectivity index (χ4v) is 3.44. The highest BCUT2D eigenvalue weighted by Crippen LogP contribution is 2.48. The lowest BCUT2D eigenvalue weighted by molar-refractivity contribution is -0.120. The van der Waals surface area contributed by atoms with E-state index in [0.29, 0.717) is 18.3 Å². The molecule has 0 saturated heterocycles. The first kappa shape index (κ1) is 16.5. The van der Waals surface area contributed by atoms with Gasteiger partial charge in [-0.1, -0.05) is 72.2 Å². The van der Waals surface area contributed by atoms with Gasteiger partial charge in [0.25, 0.3) is 0 Å². The second-order valence-electron chi connectivity index (χ2n) is 6.76. The van der Waals surface area contributed by atoms with E-state index in [1.807, 2.05) is 48.5 Å². The number of nitrogens with zero attached hydrogens (tertiary/aromatic N) is 2. The minimum absolute atomic E-state index is 0.108. The Hall–Kier alpha value is -2.95. The van der Waals surface area contributed by atoms with Gasteiger partial charge in [-0.25, -0.2) is 0 Å². The zero-order chi connectivity index (χ0) is 17.8. The molecule has 1 N–H and O–H groups in total. The molecule has 5 nitrogen and oxygen atoms in total. The van der Waals surface area contributed by atoms with Crippen LogP contribution in [0.1, 0.15) is 42.1 Å². The number of hydrogen-bond donors (Lipinski definition) is 1. The maximum atomic E-state index is 12.2. The van der Waals surface area contributed by atoms with Crippen LogP contribution in [0.25, 0.3) is 0 Å². The van der Waals surface area contributed by atoms with E-state index < -0.39 is 0 Å². The van der Waals surface area contributed by atoms with E-state index in [0.717, 1.165) is 24.8 Å². The second kappa shape index (κ2) is 7.12. The summed E-state index contributed by atoms with van der Waals surface area (Å²) < 4.78 is 5.55. The summed E-state index contributed by atoms with van der Waals surface area (Å²) in [5.41, 5.74) is 2.08. The van der Waals surface area contributed by atoms with Gasteiger partial charge in [-0.15, -0.1) is 0 Å². The Morgan fingerprint density at radius 1 is 1.04 bits per heavy atom. The van der Waals surface area contributed by atoms with Gasteiger partial charge in [-0.05, 0) is 24.0 Å². The zero-order valence-corrected chi connectivity index (χ0v) is 14.5. The Labute approximate surface area is 152 Å². The first-order chi connectivity index (χ1) is 12.8. The van der Waals surface area contributed by atoms with Crippen LogP contribution in [0.3, 0.4) is 0 Å². The summed E-state index contributed by atoms with van der Waals surface area (Å²) in [6.45, 7) is 0.498. The smallest absolute Gasteiger partial charge is 0.237 e. The molecule has 26 heavy (non-hydrogen) atoms. The van der Waals surface area contributed by atoms with E-state index >= 15 is 0 Å². The number of carbonyl (C=O) groups excluding carboxylic acids is 1. The zero-order valence-electron chi connectivity index (χ0n) is 14.5. The molecule has 0 spiro atoms. The fraction of sp³-hybridized carbons (Fsp3) is 0.286. The summed E-state index contributed by atoms with van der Waals surface area (Å²) in [5, 5.41) is 6.93. The maximum Gasteiger partial charge on any atom is 0.237 e. The first-order valence-corrected chi connectivity index (χ1v) is 8.95. The van der Waals surface area contributed by atoms with Crippen LogP contribution in [0.15, 0.2) is 65.2 Å². The number of amides is 1. The molecule has 0 aliphatic heterocycles. The van der Waals surface area contributed by atoms with Gasteiger partial charge < -0.3 is 9.84 Å². The molecule has 1 amide bonds. The molecule has 1 aliphatic rings. The SMILES string of the molecule is O=C(Cc1noc(C2(c3ccccc3)CCC2)n1)NCc1ccccc1. The Balaban J connectivity index is 1.42. The lowest BCUT2D eigenvalue weighted by atomic mass is 9.64. The molecule has 0 unspecified atom stereocenters. The summed E-state index contributed by atoms with van der Waals surface area (Å²) >= 11 is 0. The monoisotopic (exact) mass is 347 g/mol. The summed E-state index contributed by atoms with van der Waals surface area (Å²) in [5.74, 6) is 0.956. The molecular formula is C21H21N3O2. The molecule has 4 rings (SSSR count). The molecular weight excluding hydrogens is 326 g/mol. The highest BCUT2D eigenvalue weighted by Gasteiger charge is 2.45. The average molecular weight is 347 g/mol. The predicted octanol–water partition coefficient (Wildman–Crippen LogP) is 3.40. The molecule has 3 aromatic rings. The highest BCUT2D eigenvalue weighted by atomic mass is 16.5. The van der Waals surface area contributed by atoms with Gasteiger partial charge in [0, 0.05) is 6.54 Å². The molecule has 1 heterocycles. The van der Waals surface area contributed by atoms with Crippen molar-refractivity contribution in [3.63, 3.8) is 0 Å². The normalized spacial score (nSPS) is 15.2. The Kier molecular flexibility index (Phi) is 4.52. The lowest BCUT2D eigenvalue weighted by Gasteiger charge is -2.38. The van der Waals surface area contributed by atoms with Crippen molar-refractivity contribution in [3.05, 3.63) is 83.5 Å². The van der Waals surface area contributed by atoms with Crippen molar-refractivity contribution in [3.8, 4) is 0 Å². The molecule has 0 atom stereocenters. The second-order valence-corrected chi connectivity index (χ2v) is 6.76. The van der Waals surface area contributed by atoms with Gasteiger partial charge in [-0.3, -0.25) is 4.79 Å². The summed E-state index contributed by atoms with van der Waals surface area (Å²) in [6.07, 6.45) is 3.27. The number of nitrogens with one attached hydrogen (secondary N) is 1. The van der Waals surface area contributed by atoms with Gasteiger partial charge in [0.05, 0.1) is 11.8 Å². The Morgan fingerprint density at radius 2 is 1.73 bits per heavy atom. The standard InChI is InChI=1S/C21H21N3O2/c25-19(22-15-16-8-3-1-4-9-16)14-18-23-20(26-24-18)21(12-7-13-21)17-10-5-2-6-11-17/h1-6,8-11H,7,12-15H2,(H,22,25). The van der Waals surface area contributed by atoms with Gasteiger partial charge >= 0.3 is 0 Å². The van der Waals surface area contributed by atoms with Crippen LogP contribution in [0, 0.1) is 0 Å². The third-order valence-electron chi connectivity index (χ3n) is 5.06. The van der Waals surface area contributed by atoms with Crippen molar-refractivity contribution in [2.45, 2.75) is 37.6 Å². The summed E-state index contributed by atoms with van der Waals surface area (Å²) in [7, 11) is 0. The van der Waals surface area contributed by atoms with Crippen molar-refractivity contribution >= 4 is 5.91 Å². The molecule has 1 saturated carbocycles. The topological polar surface area (TPSA) is 68.0 Å². The molecule has 5 heteroatoms. The summed E-state index contributed by atoms with van der Waals surface area (Å²) in [4.78, 5) is 16.7. The van der Waals surface area contributed by atoms with Crippen LogP contribution in [0.2, 0.25) is 0 Å². The fourth-order valence-electron chi connectivity index (χ4n) is 3.44. The maximum absolute atomic E-state index is 12.2. The van der Waals surface area contributed by atoms with Gasteiger partial charge in [0.2, 0.25) is 11.8 Å². The average Bonchev–Trinajstić information content (AvgIpc) is 3.09. The van der Waals surface area contributed by atoms with Crippen molar-refractivity contribution in [2.75, 3.05) is 0 Å². The van der Waals surface area contributed by atoms with Crippen molar-refractivity contribution < 1.29 is 9.32 Å². The lowest BCUT2D eigenvalue weighted by Crippen LogP contribution is -2.35. The number of benzene rings is 2. The third kappa shape index (κ3) is 3.25. The van der Waals surface area contributed by atoms with Crippen molar-refractivity contribution in [1.29, 1.82) is 0 Å². The van der Waals surface area contributed by atoms with E-state index in [4.69, 9.17) is 4.52 Å². The minimum atomic E-state index is -0.187. The van der Waals surface area contributed by atoms with Crippen LogP contribution >= 0.6 is 0 Å². The molecule has 0 bridgehead atoms. The van der Waals surface area contributed by atoms with E-state index in [1.165, 1.54) is 5.56 Å². The first-order valence-electron chi connectivity index (χ1n) is 8.95. The van der Waals surface area contributed by atoms with E-state index in [9.17, 15) is 4.79 Å². The number of carbonyl (C=O) groups is 1. The third-order valence-corrected chi connectivity index (χ3v) is 5.06. The molecule has 1 aliphatic carbocycles. The van der Waals surface area contributed by atoms with E-state index in [-0.39, 0.29) is 17.7 Å². The number of rotatable bonds is 6. The quantitative estimate of drug-likeness (QED) is 0.742. The molecule has 0 radical (unpaired) electrons. The largest absolute Gasteiger partial charge is 0.352 e. The number of hydrogen-bond acceptors (Lipinski definition) is 4. The predicted molar refractivity (Wildman–Crippen MR) is 97.4 cm³/mol. The van der Waals surface area contributed by atoms with Crippen LogP contribution in [-0.4, -0.2) is 16.0 Å². The Morgan fingerprint density at radius 3 is 2.38 bits per heavy atom. The van der Waals surface area contributed by atoms with E-state index in [2.05, 4.69) is 27.6 Å². The number of aromatic nitrogens is 2. The summed E-state index contributed by atoms with van der Waals surface area (Å²) in [6, 6.07) is 20.1. The molecule has 1 fully saturated rings. The van der Waals surface area contributed by atoms with Gasteiger partial charge in [0.15, 0.2) is 5.82 Å². The minimum Gasteiger partial charge on any atom is -0.352 e. The van der Waals surface area contributed by atoms with Crippen LogP contribution < -0.4 is 5.32 Å². The van der Waals surface area contributed by atoms with Crippen LogP contribution in [0.5, 0.6) is 0 Å². The molecule has 2 aromatic carbocycles. The van der Waals surface area contributed by atoms with Gasteiger partial charge in [-0.2, -0.15) is 4.98 Å². The van der Waals surface area contributed by atoms with E-state index in [1.54, 1.807) is 0 Å². The Bertz CT molecular complexity index is 871. The van der Waals surface area contributed by atoms with Crippen molar-refractivity contribution in [2.24, 2.45) is 0 Å². The van der Waals surface area contributed by atoms with Crippen molar-refractivity contribution in [1.82, 2.24) is 15.5 Å². The molecule has 132 valence electrons. The molecule has 1 aromatic heterocycles. The van der Waals surface area contributed by atoms with Crippen LogP contribution in [0.4, 0.5) is 0 Å². The van der Waals surface area contributed by atoms with Crippen LogP contribution in [-0.2, 0) is 23.2 Å². The van der Waals surface area contributed by atoms with Gasteiger partial charge in [0.1, 0.15) is 0 Å². The highest BCUT2D eigenvalue weighted by molar-refractivity contribution is 5.77.